The molecule has 2 aromatic carbocycles. The molecule has 1 amide bonds. The van der Waals surface area contributed by atoms with Crippen molar-refractivity contribution >= 4 is 40.8 Å². The van der Waals surface area contributed by atoms with Crippen LogP contribution in [-0.4, -0.2) is 31.7 Å². The normalized spacial score (nSPS) is 10.2. The number of hydrogen-bond acceptors (Lipinski definition) is 5. The Morgan fingerprint density at radius 3 is 2.37 bits per heavy atom. The minimum absolute atomic E-state index is 0.246. The highest BCUT2D eigenvalue weighted by molar-refractivity contribution is 6.35. The maximum absolute atomic E-state index is 12.2. The molecule has 0 heterocycles. The van der Waals surface area contributed by atoms with Crippen LogP contribution in [0, 0.1) is 0 Å². The van der Waals surface area contributed by atoms with E-state index in [1.165, 1.54) is 12.1 Å². The highest BCUT2D eigenvalue weighted by Crippen LogP contribution is 2.29. The lowest BCUT2D eigenvalue weighted by atomic mass is 10.2. The Morgan fingerprint density at radius 1 is 0.963 bits per heavy atom. The van der Waals surface area contributed by atoms with Crippen LogP contribution in [0.3, 0.4) is 0 Å². The van der Waals surface area contributed by atoms with E-state index in [1.54, 1.807) is 24.3 Å². The minimum Gasteiger partial charge on any atom is -0.490 e. The first kappa shape index (κ1) is 20.9. The molecule has 0 aliphatic carbocycles. The number of halogens is 2. The molecule has 0 aromatic heterocycles. The van der Waals surface area contributed by atoms with E-state index < -0.39 is 18.5 Å². The smallest absolute Gasteiger partial charge is 0.338 e. The molecule has 0 atom stereocenters. The van der Waals surface area contributed by atoms with Crippen molar-refractivity contribution in [2.45, 2.75) is 13.8 Å². The molecule has 0 radical (unpaired) electrons. The molecule has 2 aromatic rings. The van der Waals surface area contributed by atoms with Crippen LogP contribution < -0.4 is 14.8 Å². The molecule has 27 heavy (non-hydrogen) atoms. The van der Waals surface area contributed by atoms with Crippen molar-refractivity contribution in [2.24, 2.45) is 0 Å². The molecule has 0 bridgehead atoms. The van der Waals surface area contributed by atoms with Crippen molar-refractivity contribution in [3.63, 3.8) is 0 Å². The van der Waals surface area contributed by atoms with E-state index in [4.69, 9.17) is 37.4 Å². The van der Waals surface area contributed by atoms with Crippen LogP contribution in [0.1, 0.15) is 24.2 Å². The lowest BCUT2D eigenvalue weighted by molar-refractivity contribution is -0.119. The van der Waals surface area contributed by atoms with Crippen molar-refractivity contribution in [1.29, 1.82) is 0 Å². The Balaban J connectivity index is 1.99. The summed E-state index contributed by atoms with van der Waals surface area (Å²) in [4.78, 5) is 24.2. The van der Waals surface area contributed by atoms with Gasteiger partial charge >= 0.3 is 5.97 Å². The number of esters is 1. The molecule has 0 aliphatic rings. The van der Waals surface area contributed by atoms with Crippen molar-refractivity contribution in [3.05, 3.63) is 52.0 Å². The zero-order chi connectivity index (χ0) is 19.8. The van der Waals surface area contributed by atoms with E-state index in [1.807, 2.05) is 13.8 Å². The van der Waals surface area contributed by atoms with Gasteiger partial charge in [-0.3, -0.25) is 4.79 Å². The molecule has 0 saturated carbocycles. The predicted octanol–water partition coefficient (Wildman–Crippen LogP) is 4.59. The zero-order valence-corrected chi connectivity index (χ0v) is 16.4. The van der Waals surface area contributed by atoms with E-state index in [2.05, 4.69) is 5.32 Å². The van der Waals surface area contributed by atoms with Gasteiger partial charge in [-0.25, -0.2) is 4.79 Å². The summed E-state index contributed by atoms with van der Waals surface area (Å²) < 4.78 is 16.0. The molecule has 0 aliphatic heterocycles. The van der Waals surface area contributed by atoms with Gasteiger partial charge in [0.1, 0.15) is 0 Å². The number of rotatable bonds is 8. The lowest BCUT2D eigenvalue weighted by Crippen LogP contribution is -2.21. The Morgan fingerprint density at radius 2 is 1.67 bits per heavy atom. The van der Waals surface area contributed by atoms with Gasteiger partial charge in [-0.05, 0) is 50.2 Å². The van der Waals surface area contributed by atoms with Crippen molar-refractivity contribution in [1.82, 2.24) is 0 Å². The van der Waals surface area contributed by atoms with Gasteiger partial charge in [-0.2, -0.15) is 0 Å². The fourth-order valence-electron chi connectivity index (χ4n) is 2.17. The van der Waals surface area contributed by atoms with Gasteiger partial charge < -0.3 is 19.5 Å². The third-order valence-corrected chi connectivity index (χ3v) is 3.88. The zero-order valence-electron chi connectivity index (χ0n) is 14.9. The van der Waals surface area contributed by atoms with Crippen LogP contribution in [-0.2, 0) is 9.53 Å². The van der Waals surface area contributed by atoms with Crippen LogP contribution in [0.4, 0.5) is 5.69 Å². The second-order valence-corrected chi connectivity index (χ2v) is 6.12. The third-order valence-electron chi connectivity index (χ3n) is 3.32. The lowest BCUT2D eigenvalue weighted by Gasteiger charge is -2.12. The summed E-state index contributed by atoms with van der Waals surface area (Å²) >= 11 is 11.8. The summed E-state index contributed by atoms with van der Waals surface area (Å²) in [6, 6.07) is 9.34. The highest BCUT2D eigenvalue weighted by Gasteiger charge is 2.15. The second-order valence-electron chi connectivity index (χ2n) is 5.28. The first-order valence-corrected chi connectivity index (χ1v) is 9.01. The predicted molar refractivity (Wildman–Crippen MR) is 104 cm³/mol. The minimum atomic E-state index is -0.661. The number of nitrogens with one attached hydrogen (secondary N) is 1. The Hall–Kier alpha value is -2.44. The van der Waals surface area contributed by atoms with Crippen LogP contribution in [0.15, 0.2) is 36.4 Å². The molecular weight excluding hydrogens is 393 g/mol. The average molecular weight is 412 g/mol. The maximum atomic E-state index is 12.2. The monoisotopic (exact) mass is 411 g/mol. The molecule has 6 nitrogen and oxygen atoms in total. The van der Waals surface area contributed by atoms with Crippen LogP contribution in [0.2, 0.25) is 10.0 Å². The first-order chi connectivity index (χ1) is 12.9. The summed E-state index contributed by atoms with van der Waals surface area (Å²) in [5.74, 6) is -0.233. The maximum Gasteiger partial charge on any atom is 0.338 e. The molecule has 1 N–H and O–H groups in total. The van der Waals surface area contributed by atoms with E-state index in [0.717, 1.165) is 0 Å². The highest BCUT2D eigenvalue weighted by atomic mass is 35.5. The van der Waals surface area contributed by atoms with Gasteiger partial charge in [-0.15, -0.1) is 0 Å². The second kappa shape index (κ2) is 10.0. The van der Waals surface area contributed by atoms with E-state index in [-0.39, 0.29) is 5.56 Å². The number of ether oxygens (including phenoxy) is 3. The number of carbonyl (C=O) groups excluding carboxylic acids is 2. The van der Waals surface area contributed by atoms with Gasteiger partial charge in [0, 0.05) is 5.02 Å². The van der Waals surface area contributed by atoms with Gasteiger partial charge in [0.15, 0.2) is 18.1 Å². The van der Waals surface area contributed by atoms with Crippen LogP contribution in [0.5, 0.6) is 11.5 Å². The molecule has 0 spiro atoms. The average Bonchev–Trinajstić information content (AvgIpc) is 2.64. The molecule has 0 fully saturated rings. The standard InChI is InChI=1S/C19H19Cl2NO5/c1-3-25-16-8-5-12(9-17(16)26-4-2)19(24)27-11-18(23)22-15-10-13(20)6-7-14(15)21/h5-10H,3-4,11H2,1-2H3,(H,22,23). The Labute approximate surface area is 167 Å². The number of amides is 1. The van der Waals surface area contributed by atoms with Crippen molar-refractivity contribution in [2.75, 3.05) is 25.1 Å². The van der Waals surface area contributed by atoms with Crippen molar-refractivity contribution < 1.29 is 23.8 Å². The topological polar surface area (TPSA) is 73.9 Å². The summed E-state index contributed by atoms with van der Waals surface area (Å²) in [5, 5.41) is 3.28. The third kappa shape index (κ3) is 6.05. The van der Waals surface area contributed by atoms with E-state index in [0.29, 0.717) is 40.4 Å². The van der Waals surface area contributed by atoms with E-state index >= 15 is 0 Å². The number of hydrogen-bond donors (Lipinski definition) is 1. The molecule has 0 saturated heterocycles. The SMILES string of the molecule is CCOc1ccc(C(=O)OCC(=O)Nc2cc(Cl)ccc2Cl)cc1OCC. The number of carbonyl (C=O) groups is 2. The molecular formula is C19H19Cl2NO5. The summed E-state index contributed by atoms with van der Waals surface area (Å²) in [5.41, 5.74) is 0.584. The van der Waals surface area contributed by atoms with Crippen molar-refractivity contribution in [3.8, 4) is 11.5 Å². The first-order valence-electron chi connectivity index (χ1n) is 8.26. The summed E-state index contributed by atoms with van der Waals surface area (Å²) in [7, 11) is 0. The molecule has 144 valence electrons. The van der Waals surface area contributed by atoms with Crippen LogP contribution >= 0.6 is 23.2 Å². The number of benzene rings is 2. The van der Waals surface area contributed by atoms with Gasteiger partial charge in [0.05, 0.1) is 29.5 Å². The number of anilines is 1. The Kier molecular flexibility index (Phi) is 7.76. The Bertz CT molecular complexity index is 826. The molecule has 2 rings (SSSR count). The molecule has 0 unspecified atom stereocenters. The fourth-order valence-corrected chi connectivity index (χ4v) is 2.51. The molecule has 8 heteroatoms. The fraction of sp³-hybridized carbons (Fsp3) is 0.263. The largest absolute Gasteiger partial charge is 0.490 e. The quantitative estimate of drug-likeness (QED) is 0.643. The summed E-state index contributed by atoms with van der Waals surface area (Å²) in [6.07, 6.45) is 0. The summed E-state index contributed by atoms with van der Waals surface area (Å²) in [6.45, 7) is 4.09. The van der Waals surface area contributed by atoms with Gasteiger partial charge in [0.25, 0.3) is 5.91 Å². The van der Waals surface area contributed by atoms with E-state index in [9.17, 15) is 9.59 Å². The van der Waals surface area contributed by atoms with Gasteiger partial charge in [0.2, 0.25) is 0 Å². The van der Waals surface area contributed by atoms with Gasteiger partial charge in [-0.1, -0.05) is 23.2 Å². The van der Waals surface area contributed by atoms with Crippen LogP contribution in [0.25, 0.3) is 0 Å².